The van der Waals surface area contributed by atoms with Crippen LogP contribution >= 0.6 is 0 Å². The van der Waals surface area contributed by atoms with Gasteiger partial charge in [0.1, 0.15) is 11.5 Å². The second kappa shape index (κ2) is 3.80. The van der Waals surface area contributed by atoms with E-state index in [1.807, 2.05) is 36.7 Å². The molecular weight excluding hydrogens is 228 g/mol. The molecule has 0 aliphatic rings. The van der Waals surface area contributed by atoms with E-state index in [0.29, 0.717) is 5.69 Å². The summed E-state index contributed by atoms with van der Waals surface area (Å²) in [5.74, 6) is 0.878. The molecule has 0 radical (unpaired) electrons. The summed E-state index contributed by atoms with van der Waals surface area (Å²) in [5.41, 5.74) is 4.11. The maximum atomic E-state index is 11.0. The van der Waals surface area contributed by atoms with Crippen molar-refractivity contribution < 1.29 is 4.79 Å². The lowest BCUT2D eigenvalue weighted by molar-refractivity contribution is 0.112. The van der Waals surface area contributed by atoms with Gasteiger partial charge in [-0.25, -0.2) is 9.97 Å². The summed E-state index contributed by atoms with van der Waals surface area (Å²) in [7, 11) is 1.87. The smallest absolute Gasteiger partial charge is 0.170 e. The minimum atomic E-state index is 0.452. The Morgan fingerprint density at radius 1 is 1.39 bits per heavy atom. The van der Waals surface area contributed by atoms with Crippen LogP contribution in [-0.4, -0.2) is 25.8 Å². The molecule has 5 heteroatoms. The van der Waals surface area contributed by atoms with E-state index in [9.17, 15) is 4.79 Å². The van der Waals surface area contributed by atoms with Crippen LogP contribution in [0, 0.1) is 6.92 Å². The second-order valence-corrected chi connectivity index (χ2v) is 4.26. The molecule has 90 valence electrons. The molecule has 1 N–H and O–H groups in total. The molecule has 0 saturated carbocycles. The lowest BCUT2D eigenvalue weighted by Gasteiger charge is -2.03. The summed E-state index contributed by atoms with van der Waals surface area (Å²) in [4.78, 5) is 22.6. The highest BCUT2D eigenvalue weighted by Crippen LogP contribution is 2.24. The van der Waals surface area contributed by atoms with E-state index in [0.717, 1.165) is 34.4 Å². The van der Waals surface area contributed by atoms with Crippen LogP contribution in [0.15, 0.2) is 24.5 Å². The summed E-state index contributed by atoms with van der Waals surface area (Å²) in [6, 6.07) is 5.88. The summed E-state index contributed by atoms with van der Waals surface area (Å²) < 4.78 is 1.84. The number of aryl methyl sites for hydroxylation is 2. The van der Waals surface area contributed by atoms with Gasteiger partial charge in [-0.05, 0) is 19.1 Å². The third kappa shape index (κ3) is 1.52. The van der Waals surface area contributed by atoms with Crippen molar-refractivity contribution in [3.63, 3.8) is 0 Å². The van der Waals surface area contributed by atoms with Gasteiger partial charge in [-0.2, -0.15) is 0 Å². The van der Waals surface area contributed by atoms with Crippen molar-refractivity contribution in [2.75, 3.05) is 0 Å². The van der Waals surface area contributed by atoms with E-state index in [-0.39, 0.29) is 0 Å². The Morgan fingerprint density at radius 2 is 2.22 bits per heavy atom. The van der Waals surface area contributed by atoms with Crippen molar-refractivity contribution >= 4 is 17.3 Å². The number of fused-ring (bicyclic) bond motifs is 1. The maximum absolute atomic E-state index is 11.0. The highest BCUT2D eigenvalue weighted by molar-refractivity contribution is 5.87. The zero-order chi connectivity index (χ0) is 12.7. The molecule has 0 atom stereocenters. The number of benzene rings is 1. The van der Waals surface area contributed by atoms with Crippen LogP contribution < -0.4 is 0 Å². The van der Waals surface area contributed by atoms with E-state index < -0.39 is 0 Å². The van der Waals surface area contributed by atoms with Crippen LogP contribution in [0.3, 0.4) is 0 Å². The molecule has 0 amide bonds. The van der Waals surface area contributed by atoms with Gasteiger partial charge < -0.3 is 9.55 Å². The summed E-state index contributed by atoms with van der Waals surface area (Å²) in [6.07, 6.45) is 2.42. The Bertz CT molecular complexity index is 739. The number of rotatable bonds is 2. The Morgan fingerprint density at radius 3 is 3.00 bits per heavy atom. The van der Waals surface area contributed by atoms with Crippen molar-refractivity contribution in [2.45, 2.75) is 6.92 Å². The van der Waals surface area contributed by atoms with Crippen LogP contribution in [0.5, 0.6) is 0 Å². The number of H-pyrrole nitrogens is 1. The Labute approximate surface area is 103 Å². The van der Waals surface area contributed by atoms with Gasteiger partial charge in [-0.1, -0.05) is 6.07 Å². The van der Waals surface area contributed by atoms with E-state index in [4.69, 9.17) is 0 Å². The van der Waals surface area contributed by atoms with Gasteiger partial charge in [0.05, 0.1) is 23.1 Å². The zero-order valence-electron chi connectivity index (χ0n) is 10.1. The van der Waals surface area contributed by atoms with E-state index in [1.165, 1.54) is 0 Å². The first-order valence-electron chi connectivity index (χ1n) is 5.62. The largest absolute Gasteiger partial charge is 0.342 e. The van der Waals surface area contributed by atoms with Gasteiger partial charge >= 0.3 is 0 Å². The fraction of sp³-hybridized carbons (Fsp3) is 0.154. The SMILES string of the molecule is Cc1nc2ccc(-c3c(C=O)ncn3C)cc2[nH]1. The van der Waals surface area contributed by atoms with Gasteiger partial charge in [0.25, 0.3) is 0 Å². The molecule has 5 nitrogen and oxygen atoms in total. The molecule has 0 unspecified atom stereocenters. The number of carbonyl (C=O) groups excluding carboxylic acids is 1. The number of aldehydes is 1. The van der Waals surface area contributed by atoms with Crippen molar-refractivity contribution in [3.8, 4) is 11.3 Å². The minimum absolute atomic E-state index is 0.452. The van der Waals surface area contributed by atoms with Crippen molar-refractivity contribution in [3.05, 3.63) is 36.0 Å². The van der Waals surface area contributed by atoms with Crippen LogP contribution in [0.1, 0.15) is 16.3 Å². The van der Waals surface area contributed by atoms with Gasteiger partial charge in [0.15, 0.2) is 6.29 Å². The van der Waals surface area contributed by atoms with E-state index in [1.54, 1.807) is 6.33 Å². The number of aromatic nitrogens is 4. The lowest BCUT2D eigenvalue weighted by atomic mass is 10.1. The molecule has 0 spiro atoms. The quantitative estimate of drug-likeness (QED) is 0.697. The highest BCUT2D eigenvalue weighted by atomic mass is 16.1. The fourth-order valence-electron chi connectivity index (χ4n) is 2.17. The van der Waals surface area contributed by atoms with Crippen molar-refractivity contribution in [2.24, 2.45) is 7.05 Å². The average Bonchev–Trinajstić information content (AvgIpc) is 2.89. The Hall–Kier alpha value is -2.43. The number of hydrogen-bond donors (Lipinski definition) is 1. The summed E-state index contributed by atoms with van der Waals surface area (Å²) in [5, 5.41) is 0. The zero-order valence-corrected chi connectivity index (χ0v) is 10.1. The van der Waals surface area contributed by atoms with Crippen LogP contribution in [0.4, 0.5) is 0 Å². The predicted octanol–water partition coefficient (Wildman–Crippen LogP) is 2.08. The van der Waals surface area contributed by atoms with Crippen molar-refractivity contribution in [1.29, 1.82) is 0 Å². The molecule has 1 aromatic carbocycles. The average molecular weight is 240 g/mol. The molecule has 2 heterocycles. The first-order chi connectivity index (χ1) is 8.69. The molecule has 0 saturated heterocycles. The predicted molar refractivity (Wildman–Crippen MR) is 68.4 cm³/mol. The van der Waals surface area contributed by atoms with E-state index >= 15 is 0 Å². The number of nitrogens with one attached hydrogen (secondary N) is 1. The standard InChI is InChI=1S/C13H12N4O/c1-8-15-10-4-3-9(5-11(10)16-8)13-12(6-18)14-7-17(13)2/h3-7H,1-2H3,(H,15,16). The van der Waals surface area contributed by atoms with Crippen LogP contribution in [0.25, 0.3) is 22.3 Å². The van der Waals surface area contributed by atoms with Crippen LogP contribution in [0.2, 0.25) is 0 Å². The second-order valence-electron chi connectivity index (χ2n) is 4.26. The molecular formula is C13H12N4O. The number of carbonyl (C=O) groups is 1. The van der Waals surface area contributed by atoms with Gasteiger partial charge in [-0.15, -0.1) is 0 Å². The maximum Gasteiger partial charge on any atom is 0.170 e. The summed E-state index contributed by atoms with van der Waals surface area (Å²) in [6.45, 7) is 1.92. The van der Waals surface area contributed by atoms with Gasteiger partial charge in [-0.3, -0.25) is 4.79 Å². The molecule has 0 fully saturated rings. The molecule has 0 aliphatic heterocycles. The lowest BCUT2D eigenvalue weighted by Crippen LogP contribution is -1.93. The van der Waals surface area contributed by atoms with Crippen molar-refractivity contribution in [1.82, 2.24) is 19.5 Å². The Balaban J connectivity index is 2.24. The first kappa shape index (κ1) is 10.7. The third-order valence-corrected chi connectivity index (χ3v) is 2.95. The molecule has 0 bridgehead atoms. The Kier molecular flexibility index (Phi) is 2.26. The molecule has 2 aromatic heterocycles. The van der Waals surface area contributed by atoms with Crippen LogP contribution in [-0.2, 0) is 7.05 Å². The molecule has 3 aromatic rings. The number of nitrogens with zero attached hydrogens (tertiary/aromatic N) is 3. The summed E-state index contributed by atoms with van der Waals surface area (Å²) >= 11 is 0. The van der Waals surface area contributed by atoms with Gasteiger partial charge in [0.2, 0.25) is 0 Å². The topological polar surface area (TPSA) is 63.6 Å². The number of hydrogen-bond acceptors (Lipinski definition) is 3. The minimum Gasteiger partial charge on any atom is -0.342 e. The normalized spacial score (nSPS) is 11.0. The van der Waals surface area contributed by atoms with E-state index in [2.05, 4.69) is 15.0 Å². The monoisotopic (exact) mass is 240 g/mol. The number of aromatic amines is 1. The fourth-order valence-corrected chi connectivity index (χ4v) is 2.17. The third-order valence-electron chi connectivity index (χ3n) is 2.95. The number of imidazole rings is 2. The molecule has 0 aliphatic carbocycles. The van der Waals surface area contributed by atoms with Gasteiger partial charge in [0, 0.05) is 12.6 Å². The first-order valence-corrected chi connectivity index (χ1v) is 5.62. The molecule has 3 rings (SSSR count). The molecule has 18 heavy (non-hydrogen) atoms. The highest BCUT2D eigenvalue weighted by Gasteiger charge is 2.11.